The van der Waals surface area contributed by atoms with E-state index in [-0.39, 0.29) is 5.97 Å². The molecule has 1 aliphatic heterocycles. The Morgan fingerprint density at radius 3 is 2.71 bits per heavy atom. The Balaban J connectivity index is 1.99. The molecule has 0 saturated carbocycles. The summed E-state index contributed by atoms with van der Waals surface area (Å²) < 4.78 is 13.3. The van der Waals surface area contributed by atoms with E-state index >= 15 is 0 Å². The molecule has 1 unspecified atom stereocenters. The van der Waals surface area contributed by atoms with Gasteiger partial charge >= 0.3 is 5.97 Å². The van der Waals surface area contributed by atoms with Gasteiger partial charge < -0.3 is 14.8 Å². The highest BCUT2D eigenvalue weighted by Gasteiger charge is 2.35. The second kappa shape index (κ2) is 11.2. The number of unbranched alkanes of at least 4 members (excludes halogenated alkanes) is 2. The summed E-state index contributed by atoms with van der Waals surface area (Å²) in [5.41, 5.74) is 2.19. The van der Waals surface area contributed by atoms with Crippen LogP contribution < -0.4 is 10.1 Å². The highest BCUT2D eigenvalue weighted by molar-refractivity contribution is 7.99. The minimum absolute atomic E-state index is 0.327. The standard InChI is InChI=1S/C23H32N4O3S/c1-5-8-13-29-18-12-10-11-17(15-18)20-19(21(28)30-14-9-6-2)16(4)24-22-25-23(31-7-3)26-27(20)22/h10-12,15,20H,5-9,13-14H2,1-4H3,(H,24,25,26). The number of thioether (sulfide) groups is 1. The van der Waals surface area contributed by atoms with Crippen LogP contribution >= 0.6 is 11.8 Å². The van der Waals surface area contributed by atoms with Crippen LogP contribution in [-0.2, 0) is 9.53 Å². The molecule has 1 aromatic carbocycles. The van der Waals surface area contributed by atoms with Crippen LogP contribution in [-0.4, -0.2) is 39.7 Å². The molecule has 1 aromatic heterocycles. The van der Waals surface area contributed by atoms with Crippen LogP contribution in [0.5, 0.6) is 5.75 Å². The minimum atomic E-state index is -0.432. The van der Waals surface area contributed by atoms with Crippen molar-refractivity contribution in [3.05, 3.63) is 41.1 Å². The van der Waals surface area contributed by atoms with E-state index in [9.17, 15) is 4.79 Å². The van der Waals surface area contributed by atoms with Crippen molar-refractivity contribution in [2.24, 2.45) is 0 Å². The number of ether oxygens (including phenoxy) is 2. The quantitative estimate of drug-likeness (QED) is 0.290. The lowest BCUT2D eigenvalue weighted by Crippen LogP contribution is -2.29. The van der Waals surface area contributed by atoms with Crippen molar-refractivity contribution in [2.75, 3.05) is 24.3 Å². The van der Waals surface area contributed by atoms with Gasteiger partial charge in [0.05, 0.1) is 18.8 Å². The monoisotopic (exact) mass is 444 g/mol. The smallest absolute Gasteiger partial charge is 0.338 e. The molecule has 0 aliphatic carbocycles. The molecule has 0 bridgehead atoms. The maximum atomic E-state index is 13.1. The summed E-state index contributed by atoms with van der Waals surface area (Å²) in [5.74, 6) is 1.95. The van der Waals surface area contributed by atoms with Crippen LogP contribution in [0.25, 0.3) is 0 Å². The maximum Gasteiger partial charge on any atom is 0.338 e. The Hall–Kier alpha value is -2.48. The van der Waals surface area contributed by atoms with Gasteiger partial charge in [0.2, 0.25) is 11.1 Å². The number of nitrogens with zero attached hydrogens (tertiary/aromatic N) is 3. The Morgan fingerprint density at radius 2 is 1.97 bits per heavy atom. The van der Waals surface area contributed by atoms with E-state index < -0.39 is 6.04 Å². The molecule has 1 N–H and O–H groups in total. The SMILES string of the molecule is CCCCOC(=O)C1=C(C)Nc2nc(SCC)nn2C1c1cccc(OCCCC)c1. The summed E-state index contributed by atoms with van der Waals surface area (Å²) in [6.45, 7) is 9.22. The number of aromatic nitrogens is 3. The number of allylic oxidation sites excluding steroid dienone is 1. The maximum absolute atomic E-state index is 13.1. The van der Waals surface area contributed by atoms with Crippen LogP contribution in [0.4, 0.5) is 5.95 Å². The molecule has 2 aromatic rings. The third kappa shape index (κ3) is 5.61. The average Bonchev–Trinajstić information content (AvgIpc) is 3.15. The molecular formula is C23H32N4O3S. The average molecular weight is 445 g/mol. The molecule has 31 heavy (non-hydrogen) atoms. The van der Waals surface area contributed by atoms with Gasteiger partial charge in [-0.2, -0.15) is 4.98 Å². The van der Waals surface area contributed by atoms with E-state index in [1.54, 1.807) is 16.4 Å². The van der Waals surface area contributed by atoms with Crippen molar-refractivity contribution in [3.8, 4) is 5.75 Å². The van der Waals surface area contributed by atoms with Crippen molar-refractivity contribution in [3.63, 3.8) is 0 Å². The van der Waals surface area contributed by atoms with Crippen molar-refractivity contribution < 1.29 is 14.3 Å². The lowest BCUT2D eigenvalue weighted by atomic mass is 9.95. The molecule has 1 aliphatic rings. The largest absolute Gasteiger partial charge is 0.494 e. The molecule has 0 saturated heterocycles. The van der Waals surface area contributed by atoms with Crippen molar-refractivity contribution >= 4 is 23.7 Å². The van der Waals surface area contributed by atoms with Gasteiger partial charge in [0.1, 0.15) is 11.8 Å². The van der Waals surface area contributed by atoms with Crippen LogP contribution in [0.15, 0.2) is 40.7 Å². The summed E-state index contributed by atoms with van der Waals surface area (Å²) in [7, 11) is 0. The van der Waals surface area contributed by atoms with E-state index in [2.05, 4.69) is 31.1 Å². The van der Waals surface area contributed by atoms with Gasteiger partial charge in [-0.3, -0.25) is 0 Å². The fourth-order valence-electron chi connectivity index (χ4n) is 3.39. The molecule has 7 nitrogen and oxygen atoms in total. The first kappa shape index (κ1) is 23.2. The predicted octanol–water partition coefficient (Wildman–Crippen LogP) is 5.20. The molecule has 0 spiro atoms. The molecule has 2 heterocycles. The van der Waals surface area contributed by atoms with Crippen molar-refractivity contribution in [1.82, 2.24) is 14.8 Å². The third-order valence-corrected chi connectivity index (χ3v) is 5.72. The van der Waals surface area contributed by atoms with Crippen LogP contribution in [0, 0.1) is 0 Å². The number of hydrogen-bond acceptors (Lipinski definition) is 7. The van der Waals surface area contributed by atoms with Gasteiger partial charge in [-0.1, -0.05) is 57.5 Å². The molecule has 0 amide bonds. The van der Waals surface area contributed by atoms with Gasteiger partial charge in [-0.05, 0) is 43.2 Å². The van der Waals surface area contributed by atoms with Crippen LogP contribution in [0.1, 0.15) is 65.0 Å². The molecule has 1 atom stereocenters. The molecule has 168 valence electrons. The number of fused-ring (bicyclic) bond motifs is 1. The first-order valence-corrected chi connectivity index (χ1v) is 12.0. The second-order valence-electron chi connectivity index (χ2n) is 7.43. The first-order valence-electron chi connectivity index (χ1n) is 11.1. The summed E-state index contributed by atoms with van der Waals surface area (Å²) in [6, 6.07) is 7.44. The zero-order chi connectivity index (χ0) is 22.2. The molecule has 3 rings (SSSR count). The van der Waals surface area contributed by atoms with Gasteiger partial charge in [-0.15, -0.1) is 5.10 Å². The summed E-state index contributed by atoms with van der Waals surface area (Å²) in [4.78, 5) is 17.7. The number of nitrogens with one attached hydrogen (secondary N) is 1. The zero-order valence-electron chi connectivity index (χ0n) is 18.8. The van der Waals surface area contributed by atoms with E-state index in [0.29, 0.717) is 29.9 Å². The normalized spacial score (nSPS) is 15.4. The van der Waals surface area contributed by atoms with E-state index in [1.807, 2.05) is 31.2 Å². The fraction of sp³-hybridized carbons (Fsp3) is 0.522. The number of rotatable bonds is 11. The molecule has 8 heteroatoms. The number of benzene rings is 1. The minimum Gasteiger partial charge on any atom is -0.494 e. The van der Waals surface area contributed by atoms with E-state index in [0.717, 1.165) is 48.4 Å². The Labute approximate surface area is 188 Å². The highest BCUT2D eigenvalue weighted by Crippen LogP contribution is 2.37. The number of anilines is 1. The number of carbonyl (C=O) groups excluding carboxylic acids is 1. The number of esters is 1. The predicted molar refractivity (Wildman–Crippen MR) is 124 cm³/mol. The molecule has 0 radical (unpaired) electrons. The Bertz CT molecular complexity index is 925. The summed E-state index contributed by atoms with van der Waals surface area (Å²) >= 11 is 1.57. The second-order valence-corrected chi connectivity index (χ2v) is 8.66. The van der Waals surface area contributed by atoms with Gasteiger partial charge in [0, 0.05) is 5.70 Å². The summed E-state index contributed by atoms with van der Waals surface area (Å²) in [6.07, 6.45) is 3.87. The Morgan fingerprint density at radius 1 is 1.19 bits per heavy atom. The third-order valence-electron chi connectivity index (χ3n) is 5.00. The van der Waals surface area contributed by atoms with Crippen LogP contribution in [0.3, 0.4) is 0 Å². The number of carbonyl (C=O) groups is 1. The van der Waals surface area contributed by atoms with E-state index in [4.69, 9.17) is 14.6 Å². The number of hydrogen-bond donors (Lipinski definition) is 1. The molecule has 0 fully saturated rings. The van der Waals surface area contributed by atoms with Gasteiger partial charge in [-0.25, -0.2) is 9.48 Å². The Kier molecular flexibility index (Phi) is 8.40. The summed E-state index contributed by atoms with van der Waals surface area (Å²) in [5, 5.41) is 8.61. The van der Waals surface area contributed by atoms with Crippen molar-refractivity contribution in [2.45, 2.75) is 64.6 Å². The highest BCUT2D eigenvalue weighted by atomic mass is 32.2. The first-order chi connectivity index (χ1) is 15.1. The lowest BCUT2D eigenvalue weighted by Gasteiger charge is -2.28. The zero-order valence-corrected chi connectivity index (χ0v) is 19.6. The van der Waals surface area contributed by atoms with Gasteiger partial charge in [0.15, 0.2) is 0 Å². The fourth-order valence-corrected chi connectivity index (χ4v) is 3.94. The van der Waals surface area contributed by atoms with Gasteiger partial charge in [0.25, 0.3) is 0 Å². The van der Waals surface area contributed by atoms with Crippen LogP contribution in [0.2, 0.25) is 0 Å². The van der Waals surface area contributed by atoms with E-state index in [1.165, 1.54) is 0 Å². The lowest BCUT2D eigenvalue weighted by molar-refractivity contribution is -0.139. The molecular weight excluding hydrogens is 412 g/mol. The topological polar surface area (TPSA) is 78.3 Å². The van der Waals surface area contributed by atoms with Crippen molar-refractivity contribution in [1.29, 1.82) is 0 Å².